The van der Waals surface area contributed by atoms with Gasteiger partial charge < -0.3 is 30.0 Å². The molecule has 10 nitrogen and oxygen atoms in total. The lowest BCUT2D eigenvalue weighted by Gasteiger charge is -2.26. The molecule has 1 heterocycles. The summed E-state index contributed by atoms with van der Waals surface area (Å²) in [5.41, 5.74) is 1.93. The molecule has 0 aliphatic heterocycles. The molecular weight excluding hydrogens is 570 g/mol. The highest BCUT2D eigenvalue weighted by atomic mass is 35.5. The molecule has 1 aromatic heterocycles. The Bertz CT molecular complexity index is 1450. The number of nitrogens with zero attached hydrogens (tertiary/aromatic N) is 1. The summed E-state index contributed by atoms with van der Waals surface area (Å²) in [5.74, 6) is -0.588. The number of fused-ring (bicyclic) bond motifs is 1. The molecule has 1 aromatic carbocycles. The van der Waals surface area contributed by atoms with Crippen LogP contribution in [0.1, 0.15) is 39.4 Å². The molecule has 5 N–H and O–H groups in total. The van der Waals surface area contributed by atoms with E-state index in [1.807, 2.05) is 82.2 Å². The predicted octanol–water partition coefficient (Wildman–Crippen LogP) is 1.07. The lowest BCUT2D eigenvalue weighted by molar-refractivity contribution is -0.479. The molecular formula is C32H45ClN5O5+. The third-order valence-corrected chi connectivity index (χ3v) is 7.75. The van der Waals surface area contributed by atoms with Crippen LogP contribution in [0, 0.1) is 11.3 Å². The summed E-state index contributed by atoms with van der Waals surface area (Å²) in [4.78, 5) is 42.2. The van der Waals surface area contributed by atoms with Gasteiger partial charge in [-0.2, -0.15) is 0 Å². The van der Waals surface area contributed by atoms with Gasteiger partial charge in [0.15, 0.2) is 5.70 Å². The van der Waals surface area contributed by atoms with Gasteiger partial charge in [0, 0.05) is 56.9 Å². The minimum atomic E-state index is -0.626. The number of halogens is 1. The Balaban J connectivity index is 1.75. The van der Waals surface area contributed by atoms with Crippen LogP contribution < -0.4 is 31.9 Å². The number of hydrogen-bond acceptors (Lipinski definition) is 7. The van der Waals surface area contributed by atoms with E-state index >= 15 is 0 Å². The van der Waals surface area contributed by atoms with Crippen molar-refractivity contribution in [1.82, 2.24) is 20.9 Å². The quantitative estimate of drug-likeness (QED) is 0.142. The standard InChI is InChI=1S/C32H44ClN5O5/c1-20-24(33)16-21-15-23(18-42-7)43-29(21)27(20)30(40)35-19-32(2,3)17-26(39)37-28(25(34-4)13-14-38(5)6)31(41)36-22-11-9-8-10-12-22/h8-12,15-16,20,24,34H,13-14,17-19H2,1-7H3,(H,35,40)(H,36,41)(H,37,39)/p+1/b28-25+. The van der Waals surface area contributed by atoms with E-state index in [2.05, 4.69) is 16.0 Å². The zero-order chi connectivity index (χ0) is 31.7. The van der Waals surface area contributed by atoms with Crippen molar-refractivity contribution in [3.63, 3.8) is 0 Å². The van der Waals surface area contributed by atoms with Crippen molar-refractivity contribution in [1.29, 1.82) is 0 Å². The number of nitrogens with two attached hydrogens (primary N) is 1. The van der Waals surface area contributed by atoms with Crippen LogP contribution in [0.25, 0.3) is 11.6 Å². The fourth-order valence-electron chi connectivity index (χ4n) is 4.86. The van der Waals surface area contributed by atoms with E-state index < -0.39 is 5.41 Å². The lowest BCUT2D eigenvalue weighted by atomic mass is 9.87. The van der Waals surface area contributed by atoms with Crippen molar-refractivity contribution in [2.75, 3.05) is 41.3 Å². The maximum atomic E-state index is 13.4. The van der Waals surface area contributed by atoms with Gasteiger partial charge in [0.1, 0.15) is 23.5 Å². The van der Waals surface area contributed by atoms with Crippen LogP contribution in [0.15, 0.2) is 52.2 Å². The molecule has 0 saturated carbocycles. The second kappa shape index (κ2) is 15.3. The maximum Gasteiger partial charge on any atom is 0.365 e. The van der Waals surface area contributed by atoms with E-state index in [4.69, 9.17) is 20.8 Å². The number of furan rings is 1. The number of carbonyl (C=O) groups excluding carboxylic acids is 3. The maximum absolute atomic E-state index is 13.4. The Hall–Kier alpha value is -3.44. The topological polar surface area (TPSA) is 130 Å². The minimum Gasteiger partial charge on any atom is -0.458 e. The Kier molecular flexibility index (Phi) is 12.1. The molecule has 234 valence electrons. The van der Waals surface area contributed by atoms with E-state index in [9.17, 15) is 14.4 Å². The number of ether oxygens (including phenoxy) is 1. The van der Waals surface area contributed by atoms with Crippen LogP contribution in [0.4, 0.5) is 5.69 Å². The number of primary amides is 1. The highest BCUT2D eigenvalue weighted by molar-refractivity contribution is 6.27. The van der Waals surface area contributed by atoms with Crippen LogP contribution in [-0.2, 0) is 25.7 Å². The van der Waals surface area contributed by atoms with Gasteiger partial charge in [0.2, 0.25) is 5.91 Å². The van der Waals surface area contributed by atoms with Gasteiger partial charge in [-0.1, -0.05) is 45.0 Å². The molecule has 1 aliphatic rings. The van der Waals surface area contributed by atoms with Gasteiger partial charge in [-0.25, -0.2) is 10.1 Å². The van der Waals surface area contributed by atoms with Crippen molar-refractivity contribution >= 4 is 46.7 Å². The average molecular weight is 615 g/mol. The first kappa shape index (κ1) is 34.1. The zero-order valence-corrected chi connectivity index (χ0v) is 26.9. The third-order valence-electron chi connectivity index (χ3n) is 7.25. The van der Waals surface area contributed by atoms with Gasteiger partial charge in [-0.15, -0.1) is 11.6 Å². The van der Waals surface area contributed by atoms with Gasteiger partial charge >= 0.3 is 5.91 Å². The number of para-hydroxylation sites is 1. The Morgan fingerprint density at radius 2 is 1.86 bits per heavy atom. The smallest absolute Gasteiger partial charge is 0.365 e. The first-order valence-corrected chi connectivity index (χ1v) is 14.8. The fraction of sp³-hybridized carbons (Fsp3) is 0.469. The molecule has 0 saturated heterocycles. The summed E-state index contributed by atoms with van der Waals surface area (Å²) >= 11 is 6.56. The van der Waals surface area contributed by atoms with E-state index in [1.165, 1.54) is 5.32 Å². The number of nitrogens with one attached hydrogen (secondary N) is 3. The summed E-state index contributed by atoms with van der Waals surface area (Å²) in [5, 5.41) is 10.9. The van der Waals surface area contributed by atoms with Crippen molar-refractivity contribution in [3.8, 4) is 0 Å². The van der Waals surface area contributed by atoms with Gasteiger partial charge in [-0.05, 0) is 37.7 Å². The number of quaternary nitrogens is 1. The second-order valence-electron chi connectivity index (χ2n) is 11.9. The van der Waals surface area contributed by atoms with Crippen molar-refractivity contribution < 1.29 is 28.9 Å². The molecule has 2 aromatic rings. The molecule has 0 radical (unpaired) electrons. The van der Waals surface area contributed by atoms with E-state index in [1.54, 1.807) is 14.2 Å². The van der Waals surface area contributed by atoms with Crippen LogP contribution in [0.3, 0.4) is 0 Å². The highest BCUT2D eigenvalue weighted by Gasteiger charge is 2.31. The summed E-state index contributed by atoms with van der Waals surface area (Å²) < 4.78 is 11.1. The number of rotatable bonds is 14. The van der Waals surface area contributed by atoms with Crippen LogP contribution in [0.5, 0.6) is 0 Å². The molecule has 1 aliphatic carbocycles. The summed E-state index contributed by atoms with van der Waals surface area (Å²) in [6, 6.07) is 11.1. The fourth-order valence-corrected chi connectivity index (χ4v) is 5.12. The number of methoxy groups -OCH3 is 1. The number of alkyl halides is 1. The van der Waals surface area contributed by atoms with Crippen molar-refractivity contribution in [3.05, 3.63) is 64.2 Å². The first-order chi connectivity index (χ1) is 20.3. The molecule has 2 atom stereocenters. The number of benzene rings is 1. The number of carbonyl (C=O) groups is 3. The SMILES string of the molecule is CN/C(CCN(C)C)=C(/NC(=O)CC(C)(C)CNC(=O)C1=c2oc(COC)cc2=CC(Cl)C1C)C(=O)[NH2+]c1ccccc1. The summed E-state index contributed by atoms with van der Waals surface area (Å²) in [6.45, 7) is 6.86. The van der Waals surface area contributed by atoms with E-state index in [-0.39, 0.29) is 54.3 Å². The monoisotopic (exact) mass is 614 g/mol. The summed E-state index contributed by atoms with van der Waals surface area (Å²) in [7, 11) is 7.21. The zero-order valence-electron chi connectivity index (χ0n) is 26.2. The first-order valence-electron chi connectivity index (χ1n) is 14.4. The third kappa shape index (κ3) is 9.53. The molecule has 0 bridgehead atoms. The summed E-state index contributed by atoms with van der Waals surface area (Å²) in [6.07, 6.45) is 2.50. The van der Waals surface area contributed by atoms with E-state index in [0.717, 1.165) is 10.9 Å². The van der Waals surface area contributed by atoms with Crippen LogP contribution >= 0.6 is 11.6 Å². The van der Waals surface area contributed by atoms with Gasteiger partial charge in [-0.3, -0.25) is 9.59 Å². The minimum absolute atomic E-state index is 0.0703. The Morgan fingerprint density at radius 1 is 1.16 bits per heavy atom. The van der Waals surface area contributed by atoms with Crippen molar-refractivity contribution in [2.45, 2.75) is 45.6 Å². The Labute approximate surface area is 258 Å². The second-order valence-corrected chi connectivity index (χ2v) is 12.4. The molecule has 11 heteroatoms. The average Bonchev–Trinajstić information content (AvgIpc) is 3.33. The molecule has 2 unspecified atom stereocenters. The van der Waals surface area contributed by atoms with E-state index in [0.29, 0.717) is 35.4 Å². The molecule has 0 fully saturated rings. The number of hydrogen-bond donors (Lipinski definition) is 4. The highest BCUT2D eigenvalue weighted by Crippen LogP contribution is 2.25. The predicted molar refractivity (Wildman–Crippen MR) is 167 cm³/mol. The molecule has 3 rings (SSSR count). The molecule has 3 amide bonds. The normalized spacial score (nSPS) is 17.1. The van der Waals surface area contributed by atoms with Crippen LogP contribution in [0.2, 0.25) is 0 Å². The molecule has 0 spiro atoms. The Morgan fingerprint density at radius 3 is 2.49 bits per heavy atom. The van der Waals surface area contributed by atoms with Gasteiger partial charge in [0.05, 0.1) is 11.0 Å². The lowest BCUT2D eigenvalue weighted by Crippen LogP contribution is -2.83. The molecule has 43 heavy (non-hydrogen) atoms. The number of amides is 3. The largest absolute Gasteiger partial charge is 0.458 e. The van der Waals surface area contributed by atoms with Gasteiger partial charge in [0.25, 0.3) is 5.91 Å². The van der Waals surface area contributed by atoms with Crippen molar-refractivity contribution in [2.24, 2.45) is 11.3 Å². The van der Waals surface area contributed by atoms with Crippen LogP contribution in [-0.4, -0.2) is 69.3 Å².